The predicted molar refractivity (Wildman–Crippen MR) is 116 cm³/mol. The Labute approximate surface area is 163 Å². The van der Waals surface area contributed by atoms with Crippen LogP contribution in [0.3, 0.4) is 0 Å². The molecule has 3 nitrogen and oxygen atoms in total. The van der Waals surface area contributed by atoms with Crippen molar-refractivity contribution < 1.29 is 0 Å². The lowest BCUT2D eigenvalue weighted by atomic mass is 9.99. The van der Waals surface area contributed by atoms with Crippen molar-refractivity contribution in [1.29, 1.82) is 0 Å². The van der Waals surface area contributed by atoms with Gasteiger partial charge in [0.25, 0.3) is 0 Å². The van der Waals surface area contributed by atoms with E-state index in [0.717, 1.165) is 25.6 Å². The molecule has 1 aliphatic heterocycles. The van der Waals surface area contributed by atoms with Crippen molar-refractivity contribution in [1.82, 2.24) is 14.4 Å². The van der Waals surface area contributed by atoms with Crippen LogP contribution in [0.25, 0.3) is 21.8 Å². The van der Waals surface area contributed by atoms with Gasteiger partial charge in [0.15, 0.2) is 0 Å². The van der Waals surface area contributed by atoms with Gasteiger partial charge in [0.05, 0.1) is 0 Å². The fraction of sp³-hybridized carbons (Fsp3) is 0.500. The fourth-order valence-corrected chi connectivity index (χ4v) is 4.67. The van der Waals surface area contributed by atoms with E-state index in [1.165, 1.54) is 59.7 Å². The molecule has 2 heterocycles. The number of likely N-dealkylation sites (tertiary alicyclic amines) is 1. The van der Waals surface area contributed by atoms with E-state index in [9.17, 15) is 0 Å². The Hall–Kier alpha value is -1.84. The second-order valence-electron chi connectivity index (χ2n) is 8.66. The van der Waals surface area contributed by atoms with Gasteiger partial charge in [0.2, 0.25) is 0 Å². The molecule has 3 heteroatoms. The van der Waals surface area contributed by atoms with Crippen molar-refractivity contribution in [3.05, 3.63) is 48.0 Å². The van der Waals surface area contributed by atoms with Gasteiger partial charge in [0.1, 0.15) is 0 Å². The minimum Gasteiger partial charge on any atom is -0.340 e. The molecule has 1 atom stereocenters. The lowest BCUT2D eigenvalue weighted by Crippen LogP contribution is -2.33. The summed E-state index contributed by atoms with van der Waals surface area (Å²) in [6.07, 6.45) is 3.90. The summed E-state index contributed by atoms with van der Waals surface area (Å²) in [5.41, 5.74) is 4.20. The summed E-state index contributed by atoms with van der Waals surface area (Å²) >= 11 is 0. The minimum atomic E-state index is 0.834. The molecule has 1 saturated heterocycles. The first-order valence-electron chi connectivity index (χ1n) is 10.5. The van der Waals surface area contributed by atoms with Crippen molar-refractivity contribution in [3.63, 3.8) is 0 Å². The molecular formula is C24H33N3. The molecule has 0 bridgehead atoms. The highest BCUT2D eigenvalue weighted by Gasteiger charge is 2.17. The van der Waals surface area contributed by atoms with E-state index in [-0.39, 0.29) is 0 Å². The van der Waals surface area contributed by atoms with Gasteiger partial charge < -0.3 is 9.47 Å². The second kappa shape index (κ2) is 8.04. The molecule has 0 spiro atoms. The number of para-hydroxylation sites is 1. The van der Waals surface area contributed by atoms with E-state index in [0.29, 0.717) is 0 Å². The number of rotatable bonds is 6. The lowest BCUT2D eigenvalue weighted by molar-refractivity contribution is 0.176. The van der Waals surface area contributed by atoms with Crippen molar-refractivity contribution in [2.24, 2.45) is 5.92 Å². The Morgan fingerprint density at radius 2 is 1.85 bits per heavy atom. The number of fused-ring (bicyclic) bond motifs is 3. The Kier molecular flexibility index (Phi) is 5.51. The maximum atomic E-state index is 2.63. The highest BCUT2D eigenvalue weighted by Crippen LogP contribution is 2.30. The fourth-order valence-electron chi connectivity index (χ4n) is 4.67. The molecule has 0 saturated carbocycles. The third-order valence-corrected chi connectivity index (χ3v) is 5.97. The van der Waals surface area contributed by atoms with Crippen molar-refractivity contribution in [2.75, 3.05) is 33.7 Å². The van der Waals surface area contributed by atoms with Crippen LogP contribution in [0.2, 0.25) is 0 Å². The predicted octanol–water partition coefficient (Wildman–Crippen LogP) is 4.98. The largest absolute Gasteiger partial charge is 0.340 e. The third kappa shape index (κ3) is 4.04. The molecule has 1 aromatic heterocycles. The first-order chi connectivity index (χ1) is 13.1. The van der Waals surface area contributed by atoms with Gasteiger partial charge in [-0.25, -0.2) is 0 Å². The average Bonchev–Trinajstić information content (AvgIpc) is 2.95. The SMILES string of the molecule is CC1CCCN(Cc2ccc3c(c2)c2ccccc2n3CCCN(C)C)C1. The summed E-state index contributed by atoms with van der Waals surface area (Å²) in [6, 6.07) is 16.0. The zero-order valence-corrected chi connectivity index (χ0v) is 17.1. The van der Waals surface area contributed by atoms with Crippen LogP contribution < -0.4 is 0 Å². The lowest BCUT2D eigenvalue weighted by Gasteiger charge is -2.30. The molecule has 0 radical (unpaired) electrons. The second-order valence-corrected chi connectivity index (χ2v) is 8.66. The van der Waals surface area contributed by atoms with Crippen molar-refractivity contribution in [2.45, 2.75) is 39.3 Å². The summed E-state index contributed by atoms with van der Waals surface area (Å²) in [4.78, 5) is 4.90. The van der Waals surface area contributed by atoms with Gasteiger partial charge in [-0.1, -0.05) is 31.2 Å². The van der Waals surface area contributed by atoms with Crippen LogP contribution in [0.1, 0.15) is 31.7 Å². The molecule has 0 amide bonds. The van der Waals surface area contributed by atoms with E-state index in [1.807, 2.05) is 0 Å². The summed E-state index contributed by atoms with van der Waals surface area (Å²) < 4.78 is 2.51. The van der Waals surface area contributed by atoms with Crippen molar-refractivity contribution in [3.8, 4) is 0 Å². The van der Waals surface area contributed by atoms with Crippen LogP contribution in [0, 0.1) is 5.92 Å². The van der Waals surface area contributed by atoms with Crippen LogP contribution in [-0.2, 0) is 13.1 Å². The quantitative estimate of drug-likeness (QED) is 0.612. The Bertz CT molecular complexity index is 909. The van der Waals surface area contributed by atoms with Crippen LogP contribution in [0.4, 0.5) is 0 Å². The molecular weight excluding hydrogens is 330 g/mol. The van der Waals surface area contributed by atoms with Gasteiger partial charge >= 0.3 is 0 Å². The summed E-state index contributed by atoms with van der Waals surface area (Å²) in [6.45, 7) is 8.15. The molecule has 27 heavy (non-hydrogen) atoms. The summed E-state index contributed by atoms with van der Waals surface area (Å²) in [5, 5.41) is 2.81. The highest BCUT2D eigenvalue weighted by atomic mass is 15.1. The molecule has 4 rings (SSSR count). The maximum absolute atomic E-state index is 2.63. The molecule has 0 aliphatic carbocycles. The number of nitrogens with zero attached hydrogens (tertiary/aromatic N) is 3. The number of hydrogen-bond acceptors (Lipinski definition) is 2. The molecule has 1 unspecified atom stereocenters. The number of benzene rings is 2. The van der Waals surface area contributed by atoms with Crippen molar-refractivity contribution >= 4 is 21.8 Å². The van der Waals surface area contributed by atoms with E-state index >= 15 is 0 Å². The molecule has 3 aromatic rings. The Morgan fingerprint density at radius 1 is 1.04 bits per heavy atom. The standard InChI is InChI=1S/C24H33N3/c1-19-8-6-14-26(17-19)18-20-11-12-24-22(16-20)21-9-4-5-10-23(21)27(24)15-7-13-25(2)3/h4-5,9-12,16,19H,6-8,13-15,17-18H2,1-3H3. The molecule has 0 N–H and O–H groups in total. The van der Waals surface area contributed by atoms with Crippen LogP contribution >= 0.6 is 0 Å². The number of hydrogen-bond donors (Lipinski definition) is 0. The van der Waals surface area contributed by atoms with Gasteiger partial charge in [-0.05, 0) is 76.1 Å². The first kappa shape index (κ1) is 18.5. The third-order valence-electron chi connectivity index (χ3n) is 5.97. The maximum Gasteiger partial charge on any atom is 0.0491 e. The highest BCUT2D eigenvalue weighted by molar-refractivity contribution is 6.08. The molecule has 1 aliphatic rings. The van der Waals surface area contributed by atoms with E-state index in [2.05, 4.69) is 77.9 Å². The van der Waals surface area contributed by atoms with E-state index < -0.39 is 0 Å². The summed E-state index contributed by atoms with van der Waals surface area (Å²) in [5.74, 6) is 0.834. The summed E-state index contributed by atoms with van der Waals surface area (Å²) in [7, 11) is 4.30. The van der Waals surface area contributed by atoms with Gasteiger partial charge in [-0.2, -0.15) is 0 Å². The average molecular weight is 364 g/mol. The van der Waals surface area contributed by atoms with E-state index in [4.69, 9.17) is 0 Å². The minimum absolute atomic E-state index is 0.834. The zero-order valence-electron chi connectivity index (χ0n) is 17.1. The van der Waals surface area contributed by atoms with Crippen LogP contribution in [0.5, 0.6) is 0 Å². The number of piperidine rings is 1. The monoisotopic (exact) mass is 363 g/mol. The van der Waals surface area contributed by atoms with Crippen LogP contribution in [-0.4, -0.2) is 48.1 Å². The normalized spacial score (nSPS) is 18.7. The topological polar surface area (TPSA) is 11.4 Å². The van der Waals surface area contributed by atoms with Gasteiger partial charge in [-0.3, -0.25) is 4.90 Å². The number of aryl methyl sites for hydroxylation is 1. The molecule has 144 valence electrons. The first-order valence-corrected chi connectivity index (χ1v) is 10.5. The Morgan fingerprint density at radius 3 is 2.67 bits per heavy atom. The Balaban J connectivity index is 1.65. The molecule has 1 fully saturated rings. The number of aromatic nitrogens is 1. The van der Waals surface area contributed by atoms with Gasteiger partial charge in [0, 0.05) is 41.4 Å². The zero-order chi connectivity index (χ0) is 18.8. The van der Waals surface area contributed by atoms with Crippen LogP contribution in [0.15, 0.2) is 42.5 Å². The smallest absolute Gasteiger partial charge is 0.0491 e. The van der Waals surface area contributed by atoms with E-state index in [1.54, 1.807) is 0 Å². The molecule has 2 aromatic carbocycles. The van der Waals surface area contributed by atoms with Gasteiger partial charge in [-0.15, -0.1) is 0 Å².